The predicted octanol–water partition coefficient (Wildman–Crippen LogP) is 14.8. The van der Waals surface area contributed by atoms with E-state index in [2.05, 4.69) is 232 Å². The van der Waals surface area contributed by atoms with Crippen molar-refractivity contribution < 1.29 is 0 Å². The number of allylic oxidation sites excluding steroid dienone is 3. The van der Waals surface area contributed by atoms with E-state index in [0.29, 0.717) is 6.54 Å². The van der Waals surface area contributed by atoms with E-state index in [1.165, 1.54) is 100 Å². The molecule has 0 radical (unpaired) electrons. The number of hydrogen-bond acceptors (Lipinski definition) is 1. The fourth-order valence-corrected chi connectivity index (χ4v) is 10.7. The largest absolute Gasteiger partial charge is 0.337 e. The zero-order chi connectivity index (χ0) is 39.7. The first-order valence-electron chi connectivity index (χ1n) is 20.9. The molecule has 0 unspecified atom stereocenters. The summed E-state index contributed by atoms with van der Waals surface area (Å²) in [4.78, 5) is 2.51. The number of anilines is 2. The summed E-state index contributed by atoms with van der Waals surface area (Å²) in [5.74, 6) is 0. The highest BCUT2D eigenvalue weighted by molar-refractivity contribution is 5.96. The Kier molecular flexibility index (Phi) is 8.10. The van der Waals surface area contributed by atoms with Gasteiger partial charge in [-0.3, -0.25) is 0 Å². The first-order valence-corrected chi connectivity index (χ1v) is 20.9. The Morgan fingerprint density at radius 3 is 1.58 bits per heavy atom. The Bertz CT molecular complexity index is 2950. The van der Waals surface area contributed by atoms with E-state index in [4.69, 9.17) is 0 Å². The number of benzene rings is 8. The van der Waals surface area contributed by atoms with Gasteiger partial charge in [-0.05, 0) is 115 Å². The van der Waals surface area contributed by atoms with Gasteiger partial charge in [-0.1, -0.05) is 196 Å². The van der Waals surface area contributed by atoms with Crippen molar-refractivity contribution in [1.82, 2.24) is 0 Å². The molecule has 282 valence electrons. The molecule has 0 saturated carbocycles. The van der Waals surface area contributed by atoms with Crippen molar-refractivity contribution in [1.29, 1.82) is 0 Å². The average molecular weight is 756 g/mol. The predicted molar refractivity (Wildman–Crippen MR) is 248 cm³/mol. The monoisotopic (exact) mass is 755 g/mol. The van der Waals surface area contributed by atoms with Crippen LogP contribution in [0.5, 0.6) is 0 Å². The molecule has 0 heterocycles. The van der Waals surface area contributed by atoms with E-state index in [0.717, 1.165) is 0 Å². The van der Waals surface area contributed by atoms with Crippen LogP contribution in [-0.2, 0) is 10.8 Å². The van der Waals surface area contributed by atoms with Gasteiger partial charge in [0.25, 0.3) is 0 Å². The summed E-state index contributed by atoms with van der Waals surface area (Å²) in [6.07, 6.45) is 6.92. The van der Waals surface area contributed by atoms with Crippen molar-refractivity contribution in [3.63, 3.8) is 0 Å². The normalized spacial score (nSPS) is 14.7. The summed E-state index contributed by atoms with van der Waals surface area (Å²) in [6.45, 7) is 7.56. The summed E-state index contributed by atoms with van der Waals surface area (Å²) in [5, 5.41) is 0. The molecule has 0 N–H and O–H groups in total. The number of hydrogen-bond donors (Lipinski definition) is 0. The number of para-hydroxylation sites is 1. The third kappa shape index (κ3) is 5.17. The Labute approximate surface area is 348 Å². The molecule has 1 spiro atoms. The summed E-state index contributed by atoms with van der Waals surface area (Å²) >= 11 is 0. The number of rotatable bonds is 7. The molecule has 0 atom stereocenters. The highest BCUT2D eigenvalue weighted by Crippen LogP contribution is 2.63. The first kappa shape index (κ1) is 35.2. The maximum absolute atomic E-state index is 2.51. The van der Waals surface area contributed by atoms with E-state index < -0.39 is 5.41 Å². The van der Waals surface area contributed by atoms with E-state index in [-0.39, 0.29) is 5.41 Å². The van der Waals surface area contributed by atoms with Crippen molar-refractivity contribution >= 4 is 16.9 Å². The first-order chi connectivity index (χ1) is 29.0. The summed E-state index contributed by atoms with van der Waals surface area (Å²) in [5.41, 5.74) is 23.0. The van der Waals surface area contributed by atoms with E-state index >= 15 is 0 Å². The fourth-order valence-electron chi connectivity index (χ4n) is 10.7. The highest BCUT2D eigenvalue weighted by atomic mass is 15.1. The second-order valence-corrected chi connectivity index (χ2v) is 16.7. The quantitative estimate of drug-likeness (QED) is 0.146. The molecule has 0 aromatic heterocycles. The van der Waals surface area contributed by atoms with Crippen molar-refractivity contribution in [2.45, 2.75) is 31.6 Å². The van der Waals surface area contributed by atoms with E-state index in [9.17, 15) is 0 Å². The smallest absolute Gasteiger partial charge is 0.0726 e. The zero-order valence-corrected chi connectivity index (χ0v) is 33.8. The topological polar surface area (TPSA) is 3.24 Å². The van der Waals surface area contributed by atoms with Crippen LogP contribution in [0.15, 0.2) is 206 Å². The van der Waals surface area contributed by atoms with Crippen LogP contribution in [0, 0.1) is 0 Å². The number of fused-ring (bicyclic) bond motifs is 13. The fraction of sp³-hybridized carbons (Fsp3) is 0.103. The van der Waals surface area contributed by atoms with Gasteiger partial charge in [0.2, 0.25) is 0 Å². The molecule has 0 aliphatic heterocycles. The molecular weight excluding hydrogens is 711 g/mol. The lowest BCUT2D eigenvalue weighted by molar-refractivity contribution is 0.660. The lowest BCUT2D eigenvalue weighted by Crippen LogP contribution is -2.26. The molecule has 3 aliphatic rings. The zero-order valence-electron chi connectivity index (χ0n) is 33.8. The van der Waals surface area contributed by atoms with Crippen molar-refractivity contribution in [2.75, 3.05) is 11.4 Å². The van der Waals surface area contributed by atoms with Gasteiger partial charge in [0, 0.05) is 28.9 Å². The minimum Gasteiger partial charge on any atom is -0.337 e. The highest BCUT2D eigenvalue weighted by Gasteiger charge is 2.51. The standard InChI is InChI=1S/C58H45N/c1-4-39(41-32-34-48-44-23-8-13-27-50(44)57(2,3)54(48)37-41)21-18-36-59(56-31-17-12-22-43(56)40-19-6-5-7-20-40)42-33-35-49-47-26-11-16-30-53(47)58(55(49)38-42)51-28-14-9-24-45(51)46-25-10-15-29-52(46)58/h4-35,37-38H,36H2,1-3H3/b21-18-,39-4+. The van der Waals surface area contributed by atoms with Crippen LogP contribution in [-0.4, -0.2) is 6.54 Å². The lowest BCUT2D eigenvalue weighted by atomic mass is 9.70. The molecule has 3 aliphatic carbocycles. The maximum atomic E-state index is 2.51. The molecule has 11 rings (SSSR count). The molecule has 1 nitrogen and oxygen atoms in total. The van der Waals surface area contributed by atoms with Gasteiger partial charge in [-0.2, -0.15) is 0 Å². The van der Waals surface area contributed by atoms with Gasteiger partial charge in [0.1, 0.15) is 0 Å². The molecule has 8 aromatic carbocycles. The Morgan fingerprint density at radius 2 is 0.949 bits per heavy atom. The van der Waals surface area contributed by atoms with Crippen molar-refractivity contribution in [3.8, 4) is 44.5 Å². The maximum Gasteiger partial charge on any atom is 0.0726 e. The number of nitrogens with zero attached hydrogens (tertiary/aromatic N) is 1. The second kappa shape index (κ2) is 13.6. The molecule has 1 heteroatoms. The van der Waals surface area contributed by atoms with Gasteiger partial charge < -0.3 is 4.90 Å². The van der Waals surface area contributed by atoms with Crippen LogP contribution < -0.4 is 4.90 Å². The summed E-state index contributed by atoms with van der Waals surface area (Å²) in [7, 11) is 0. The van der Waals surface area contributed by atoms with Crippen molar-refractivity contribution in [2.24, 2.45) is 0 Å². The molecule has 0 bridgehead atoms. The average Bonchev–Trinajstić information content (AvgIpc) is 3.85. The molecule has 0 amide bonds. The van der Waals surface area contributed by atoms with Gasteiger partial charge in [0.05, 0.1) is 5.41 Å². The summed E-state index contributed by atoms with van der Waals surface area (Å²) in [6, 6.07) is 70.0. The van der Waals surface area contributed by atoms with E-state index in [1.54, 1.807) is 0 Å². The van der Waals surface area contributed by atoms with Crippen molar-refractivity contribution in [3.05, 3.63) is 245 Å². The van der Waals surface area contributed by atoms with Crippen LogP contribution in [0.3, 0.4) is 0 Å². The Hall–Kier alpha value is -6.96. The van der Waals surface area contributed by atoms with Crippen LogP contribution in [0.1, 0.15) is 59.7 Å². The molecule has 0 fully saturated rings. The van der Waals surface area contributed by atoms with E-state index in [1.807, 2.05) is 0 Å². The molecular formula is C58H45N. The van der Waals surface area contributed by atoms with Crippen LogP contribution in [0.25, 0.3) is 50.1 Å². The van der Waals surface area contributed by atoms with Gasteiger partial charge >= 0.3 is 0 Å². The minimum atomic E-state index is -0.408. The minimum absolute atomic E-state index is 0.0482. The van der Waals surface area contributed by atoms with Crippen LogP contribution in [0.4, 0.5) is 11.4 Å². The van der Waals surface area contributed by atoms with Crippen LogP contribution in [0.2, 0.25) is 0 Å². The molecule has 8 aromatic rings. The van der Waals surface area contributed by atoms with Gasteiger partial charge in [0.15, 0.2) is 0 Å². The lowest BCUT2D eigenvalue weighted by Gasteiger charge is -2.32. The molecule has 59 heavy (non-hydrogen) atoms. The third-order valence-electron chi connectivity index (χ3n) is 13.4. The Balaban J connectivity index is 1.05. The van der Waals surface area contributed by atoms with Gasteiger partial charge in [-0.25, -0.2) is 0 Å². The van der Waals surface area contributed by atoms with Gasteiger partial charge in [-0.15, -0.1) is 0 Å². The third-order valence-corrected chi connectivity index (χ3v) is 13.4. The summed E-state index contributed by atoms with van der Waals surface area (Å²) < 4.78 is 0. The second-order valence-electron chi connectivity index (χ2n) is 16.7. The molecule has 0 saturated heterocycles. The SMILES string of the molecule is C/C=C(\C=C/CN(c1ccc2c(c1)C1(c3ccccc3-c3ccccc31)c1ccccc1-2)c1ccccc1-c1ccccc1)c1ccc2c(c1)C(C)(C)c1ccccc1-2. The van der Waals surface area contributed by atoms with Crippen LogP contribution >= 0.6 is 0 Å². The Morgan fingerprint density at radius 1 is 0.458 bits per heavy atom.